The molecule has 0 saturated heterocycles. The lowest BCUT2D eigenvalue weighted by molar-refractivity contribution is 1.12. The Morgan fingerprint density at radius 3 is 1.07 bits per heavy atom. The van der Waals surface area contributed by atoms with Crippen molar-refractivity contribution in [3.63, 3.8) is 0 Å². The van der Waals surface area contributed by atoms with Crippen molar-refractivity contribution in [1.29, 1.82) is 0 Å². The lowest BCUT2D eigenvalue weighted by Gasteiger charge is -2.46. The topological polar surface area (TPSA) is 0 Å². The second-order valence-corrected chi connectivity index (χ2v) is 30.4. The van der Waals surface area contributed by atoms with Gasteiger partial charge in [-0.1, -0.05) is 154 Å². The minimum atomic E-state index is -1.59. The zero-order valence-corrected chi connectivity index (χ0v) is 25.4. The summed E-state index contributed by atoms with van der Waals surface area (Å²) in [6.07, 6.45) is 0. The Morgan fingerprint density at radius 2 is 0.833 bits per heavy atom. The summed E-state index contributed by atoms with van der Waals surface area (Å²) in [4.78, 5) is 1.82. The van der Waals surface area contributed by atoms with Gasteiger partial charge >= 0.3 is 0 Å². The Morgan fingerprint density at radius 1 is 0.533 bits per heavy atom. The third kappa shape index (κ3) is 2.92. The summed E-state index contributed by atoms with van der Waals surface area (Å²) in [5.74, 6) is 0. The first kappa shape index (κ1) is 24.5. The SMILES string of the molecule is C=C1[Si](CC)(CC)c2cc3c(cc2[Si]1(CC)CC)[Si](CC)(CC)CC[Si]3(CC)CC. The molecule has 0 amide bonds. The second-order valence-electron chi connectivity index (χ2n) is 10.5. The molecule has 1 aromatic carbocycles. The van der Waals surface area contributed by atoms with E-state index in [1.54, 1.807) is 12.1 Å². The van der Waals surface area contributed by atoms with Crippen LogP contribution in [0.15, 0.2) is 23.5 Å². The molecule has 0 nitrogen and oxygen atoms in total. The van der Waals surface area contributed by atoms with Crippen LogP contribution in [0.4, 0.5) is 0 Å². The van der Waals surface area contributed by atoms with Crippen LogP contribution >= 0.6 is 0 Å². The molecule has 30 heavy (non-hydrogen) atoms. The van der Waals surface area contributed by atoms with E-state index in [1.165, 1.54) is 48.4 Å². The molecule has 0 unspecified atom stereocenters. The van der Waals surface area contributed by atoms with E-state index in [0.717, 1.165) is 0 Å². The molecular formula is C26H48Si4. The lowest BCUT2D eigenvalue weighted by atomic mass is 10.3. The van der Waals surface area contributed by atoms with E-state index in [0.29, 0.717) is 0 Å². The van der Waals surface area contributed by atoms with Crippen LogP contribution in [0, 0.1) is 0 Å². The standard InChI is InChI=1S/C26H48Si4/c1-10-27(11-2)18-19-28(12-3,13-4)24-21-26-25(20-23(24)27)29(14-5,15-6)22(9)30(26,16-7)17-8/h20-21H,9-19H2,1-8H3. The maximum Gasteiger partial charge on any atom is 0.108 e. The zero-order chi connectivity index (χ0) is 22.4. The first-order chi connectivity index (χ1) is 14.3. The summed E-state index contributed by atoms with van der Waals surface area (Å²) >= 11 is 0. The first-order valence-electron chi connectivity index (χ1n) is 13.2. The van der Waals surface area contributed by atoms with Crippen molar-refractivity contribution < 1.29 is 0 Å². The third-order valence-corrected chi connectivity index (χ3v) is 35.5. The van der Waals surface area contributed by atoms with Crippen LogP contribution in [-0.2, 0) is 0 Å². The van der Waals surface area contributed by atoms with Gasteiger partial charge in [0.1, 0.15) is 16.1 Å². The van der Waals surface area contributed by atoms with Gasteiger partial charge < -0.3 is 0 Å². The highest BCUT2D eigenvalue weighted by Crippen LogP contribution is 2.41. The molecule has 2 aliphatic heterocycles. The third-order valence-electron chi connectivity index (χ3n) is 10.7. The largest absolute Gasteiger partial charge is 0.108 e. The molecule has 3 rings (SSSR count). The predicted molar refractivity (Wildman–Crippen MR) is 151 cm³/mol. The Labute approximate surface area is 192 Å². The van der Waals surface area contributed by atoms with Crippen molar-refractivity contribution in [3.05, 3.63) is 23.5 Å². The molecule has 0 aliphatic carbocycles. The van der Waals surface area contributed by atoms with E-state index in [9.17, 15) is 0 Å². The molecule has 0 aromatic heterocycles. The molecule has 0 spiro atoms. The maximum atomic E-state index is 4.99. The average Bonchev–Trinajstić information content (AvgIpc) is 3.01. The Balaban J connectivity index is 2.46. The average molecular weight is 473 g/mol. The Kier molecular flexibility index (Phi) is 7.05. The zero-order valence-electron chi connectivity index (χ0n) is 21.4. The molecule has 0 fully saturated rings. The summed E-state index contributed by atoms with van der Waals surface area (Å²) in [5, 5.41) is 7.75. The van der Waals surface area contributed by atoms with Gasteiger partial charge in [0.2, 0.25) is 0 Å². The molecule has 0 bridgehead atoms. The summed E-state index contributed by atoms with van der Waals surface area (Å²) < 4.78 is 0. The van der Waals surface area contributed by atoms with Gasteiger partial charge in [-0.25, -0.2) is 0 Å². The number of hydrogen-bond acceptors (Lipinski definition) is 0. The van der Waals surface area contributed by atoms with Gasteiger partial charge in [-0.2, -0.15) is 0 Å². The van der Waals surface area contributed by atoms with Crippen LogP contribution < -0.4 is 20.7 Å². The summed E-state index contributed by atoms with van der Waals surface area (Å²) in [6, 6.07) is 20.3. The predicted octanol–water partition coefficient (Wildman–Crippen LogP) is 6.13. The second kappa shape index (κ2) is 8.64. The Hall–Kier alpha value is -0.172. The molecular weight excluding hydrogens is 425 g/mol. The van der Waals surface area contributed by atoms with Crippen LogP contribution in [0.3, 0.4) is 0 Å². The maximum absolute atomic E-state index is 4.99. The smallest absolute Gasteiger partial charge is 0.107 e. The van der Waals surface area contributed by atoms with E-state index in [4.69, 9.17) is 6.58 Å². The molecule has 1 aromatic rings. The first-order valence-corrected chi connectivity index (χ1v) is 23.3. The van der Waals surface area contributed by atoms with Crippen LogP contribution in [0.25, 0.3) is 0 Å². The molecule has 4 heteroatoms. The molecule has 0 saturated carbocycles. The van der Waals surface area contributed by atoms with Crippen LogP contribution in [0.1, 0.15) is 55.4 Å². The molecule has 0 radical (unpaired) electrons. The highest BCUT2D eigenvalue weighted by Gasteiger charge is 2.56. The van der Waals surface area contributed by atoms with Gasteiger partial charge in [0.25, 0.3) is 0 Å². The van der Waals surface area contributed by atoms with Gasteiger partial charge in [-0.15, -0.1) is 6.58 Å². The van der Waals surface area contributed by atoms with Crippen LogP contribution in [-0.4, -0.2) is 32.3 Å². The summed E-state index contributed by atoms with van der Waals surface area (Å²) in [5.41, 5.74) is 0. The minimum Gasteiger partial charge on any atom is -0.107 e. The summed E-state index contributed by atoms with van der Waals surface area (Å²) in [6.45, 7) is 25.1. The molecule has 168 valence electrons. The lowest BCUT2D eigenvalue weighted by Crippen LogP contribution is -2.70. The highest BCUT2D eigenvalue weighted by atomic mass is 28.4. The van der Waals surface area contributed by atoms with Gasteiger partial charge in [0.05, 0.1) is 16.1 Å². The molecule has 0 atom stereocenters. The minimum absolute atomic E-state index is 1.35. The van der Waals surface area contributed by atoms with Gasteiger partial charge in [-0.3, -0.25) is 0 Å². The van der Waals surface area contributed by atoms with Gasteiger partial charge in [0, 0.05) is 0 Å². The number of hydrogen-bond donors (Lipinski definition) is 0. The number of benzene rings is 1. The van der Waals surface area contributed by atoms with Crippen LogP contribution in [0.2, 0.25) is 60.4 Å². The Bertz CT molecular complexity index is 728. The van der Waals surface area contributed by atoms with Crippen molar-refractivity contribution in [2.75, 3.05) is 0 Å². The van der Waals surface area contributed by atoms with Crippen molar-refractivity contribution in [1.82, 2.24) is 0 Å². The normalized spacial score (nSPS) is 22.6. The van der Waals surface area contributed by atoms with Gasteiger partial charge in [0.15, 0.2) is 0 Å². The highest BCUT2D eigenvalue weighted by molar-refractivity contribution is 7.24. The molecule has 0 N–H and O–H groups in total. The molecule has 2 heterocycles. The summed E-state index contributed by atoms with van der Waals surface area (Å²) in [7, 11) is -5.88. The van der Waals surface area contributed by atoms with Crippen molar-refractivity contribution in [2.24, 2.45) is 0 Å². The van der Waals surface area contributed by atoms with Crippen molar-refractivity contribution in [2.45, 2.75) is 116 Å². The van der Waals surface area contributed by atoms with Crippen molar-refractivity contribution >= 4 is 53.0 Å². The van der Waals surface area contributed by atoms with Crippen LogP contribution in [0.5, 0.6) is 0 Å². The van der Waals surface area contributed by atoms with Gasteiger partial charge in [-0.05, 0) is 0 Å². The quantitative estimate of drug-likeness (QED) is 0.399. The van der Waals surface area contributed by atoms with E-state index in [-0.39, 0.29) is 0 Å². The number of fused-ring (bicyclic) bond motifs is 2. The van der Waals surface area contributed by atoms with E-state index in [2.05, 4.69) is 67.5 Å². The van der Waals surface area contributed by atoms with Crippen molar-refractivity contribution in [3.8, 4) is 0 Å². The monoisotopic (exact) mass is 472 g/mol. The van der Waals surface area contributed by atoms with E-state index < -0.39 is 32.3 Å². The van der Waals surface area contributed by atoms with E-state index in [1.807, 2.05) is 25.6 Å². The fraction of sp³-hybridized carbons (Fsp3) is 0.692. The fourth-order valence-electron chi connectivity index (χ4n) is 7.88. The fourth-order valence-corrected chi connectivity index (χ4v) is 35.2. The molecule has 2 aliphatic rings. The van der Waals surface area contributed by atoms with E-state index >= 15 is 0 Å². The number of rotatable bonds is 8.